The van der Waals surface area contributed by atoms with Crippen molar-refractivity contribution in [1.82, 2.24) is 0 Å². The summed E-state index contributed by atoms with van der Waals surface area (Å²) < 4.78 is 12.2. The van der Waals surface area contributed by atoms with Crippen molar-refractivity contribution < 1.29 is 29.6 Å². The van der Waals surface area contributed by atoms with E-state index >= 15 is 0 Å². The molecule has 4 rings (SSSR count). The zero-order chi connectivity index (χ0) is 22.4. The zero-order valence-electron chi connectivity index (χ0n) is 17.8. The fourth-order valence-corrected chi connectivity index (χ4v) is 3.82. The smallest absolute Gasteiger partial charge is 0.174 e. The Morgan fingerprint density at radius 3 is 2.58 bits per heavy atom. The van der Waals surface area contributed by atoms with Gasteiger partial charge in [-0.25, -0.2) is 0 Å². The van der Waals surface area contributed by atoms with Crippen LogP contribution in [0.5, 0.6) is 23.0 Å². The minimum Gasteiger partial charge on any atom is -0.508 e. The summed E-state index contributed by atoms with van der Waals surface area (Å²) in [6, 6.07) is 8.16. The Kier molecular flexibility index (Phi) is 5.06. The van der Waals surface area contributed by atoms with Gasteiger partial charge in [-0.15, -0.1) is 0 Å². The summed E-state index contributed by atoms with van der Waals surface area (Å²) in [7, 11) is 0. The molecule has 0 fully saturated rings. The van der Waals surface area contributed by atoms with Crippen LogP contribution in [0.2, 0.25) is 0 Å². The summed E-state index contributed by atoms with van der Waals surface area (Å²) in [5.74, 6) is 0.477. The Bertz CT molecular complexity index is 1070. The number of hydrogen-bond acceptors (Lipinski definition) is 6. The van der Waals surface area contributed by atoms with E-state index in [0.717, 1.165) is 5.56 Å². The van der Waals surface area contributed by atoms with Crippen LogP contribution in [0.4, 0.5) is 0 Å². The van der Waals surface area contributed by atoms with Gasteiger partial charge in [-0.05, 0) is 50.6 Å². The van der Waals surface area contributed by atoms with Gasteiger partial charge in [0.2, 0.25) is 0 Å². The molecule has 0 aromatic heterocycles. The maximum absolute atomic E-state index is 12.8. The summed E-state index contributed by atoms with van der Waals surface area (Å²) in [6.45, 7) is 5.30. The van der Waals surface area contributed by atoms with Gasteiger partial charge in [-0.3, -0.25) is 4.79 Å². The number of benzene rings is 2. The molecule has 31 heavy (non-hydrogen) atoms. The van der Waals surface area contributed by atoms with E-state index in [4.69, 9.17) is 9.47 Å². The molecule has 6 nitrogen and oxygen atoms in total. The zero-order valence-corrected chi connectivity index (χ0v) is 17.8. The number of ether oxygens (including phenoxy) is 2. The summed E-state index contributed by atoms with van der Waals surface area (Å²) in [6.07, 6.45) is 7.25. The van der Waals surface area contributed by atoms with Crippen molar-refractivity contribution in [3.05, 3.63) is 65.3 Å². The molecule has 0 saturated carbocycles. The molecular weight excluding hydrogens is 396 g/mol. The molecular formula is C25H26O6. The van der Waals surface area contributed by atoms with Crippen molar-refractivity contribution in [2.75, 3.05) is 0 Å². The molecule has 0 aliphatic carbocycles. The van der Waals surface area contributed by atoms with E-state index < -0.39 is 17.3 Å². The molecule has 0 radical (unpaired) electrons. The van der Waals surface area contributed by atoms with Gasteiger partial charge in [0.05, 0.1) is 17.6 Å². The molecule has 0 bridgehead atoms. The first kappa shape index (κ1) is 21.0. The molecule has 0 unspecified atom stereocenters. The van der Waals surface area contributed by atoms with Crippen LogP contribution >= 0.6 is 0 Å². The van der Waals surface area contributed by atoms with Crippen LogP contribution in [0.15, 0.2) is 48.6 Å². The molecule has 0 amide bonds. The lowest BCUT2D eigenvalue weighted by atomic mass is 9.91. The maximum Gasteiger partial charge on any atom is 0.174 e. The van der Waals surface area contributed by atoms with Crippen molar-refractivity contribution in [1.29, 1.82) is 0 Å². The highest BCUT2D eigenvalue weighted by atomic mass is 16.5. The Balaban J connectivity index is 1.64. The van der Waals surface area contributed by atoms with Gasteiger partial charge in [0.25, 0.3) is 0 Å². The fourth-order valence-electron chi connectivity index (χ4n) is 3.82. The molecule has 2 aromatic carbocycles. The van der Waals surface area contributed by atoms with Crippen LogP contribution in [-0.4, -0.2) is 32.3 Å². The topological polar surface area (TPSA) is 96.2 Å². The Hall–Kier alpha value is -3.25. The van der Waals surface area contributed by atoms with Gasteiger partial charge in [0.15, 0.2) is 5.78 Å². The second kappa shape index (κ2) is 7.46. The number of phenolic OH excluding ortho intramolecular Hbond substituents is 2. The van der Waals surface area contributed by atoms with Crippen molar-refractivity contribution in [2.24, 2.45) is 0 Å². The third-order valence-electron chi connectivity index (χ3n) is 5.44. The number of fused-ring (bicyclic) bond motifs is 2. The summed E-state index contributed by atoms with van der Waals surface area (Å²) >= 11 is 0. The van der Waals surface area contributed by atoms with Gasteiger partial charge in [0.1, 0.15) is 40.3 Å². The average Bonchev–Trinajstić information content (AvgIpc) is 2.66. The molecule has 6 heteroatoms. The molecule has 2 aromatic rings. The van der Waals surface area contributed by atoms with E-state index in [1.807, 2.05) is 19.1 Å². The number of phenols is 2. The van der Waals surface area contributed by atoms with Crippen LogP contribution in [0.3, 0.4) is 0 Å². The highest BCUT2D eigenvalue weighted by molar-refractivity contribution is 6.04. The van der Waals surface area contributed by atoms with Crippen molar-refractivity contribution >= 4 is 11.9 Å². The van der Waals surface area contributed by atoms with Crippen LogP contribution in [-0.2, 0) is 0 Å². The molecule has 0 saturated heterocycles. The molecule has 2 aliphatic rings. The minimum atomic E-state index is -0.915. The maximum atomic E-state index is 12.8. The van der Waals surface area contributed by atoms with Gasteiger partial charge in [0, 0.05) is 12.5 Å². The predicted octanol–water partition coefficient (Wildman–Crippen LogP) is 4.69. The monoisotopic (exact) mass is 422 g/mol. The van der Waals surface area contributed by atoms with E-state index in [2.05, 4.69) is 0 Å². The highest BCUT2D eigenvalue weighted by Gasteiger charge is 2.35. The van der Waals surface area contributed by atoms with Crippen molar-refractivity contribution in [2.45, 2.75) is 50.9 Å². The average molecular weight is 422 g/mol. The van der Waals surface area contributed by atoms with Crippen molar-refractivity contribution in [3.63, 3.8) is 0 Å². The molecule has 0 spiro atoms. The second-order valence-corrected chi connectivity index (χ2v) is 8.84. The van der Waals surface area contributed by atoms with Crippen LogP contribution in [0, 0.1) is 0 Å². The van der Waals surface area contributed by atoms with E-state index in [-0.39, 0.29) is 35.0 Å². The number of aromatic hydroxyl groups is 2. The quantitative estimate of drug-likeness (QED) is 0.619. The van der Waals surface area contributed by atoms with E-state index in [1.54, 1.807) is 56.3 Å². The molecule has 162 valence electrons. The number of Topliss-reactive ketones (excluding diaryl/α,β-unsaturated/α-hetero) is 1. The lowest BCUT2D eigenvalue weighted by molar-refractivity contribution is 0.0841. The van der Waals surface area contributed by atoms with Crippen LogP contribution in [0.25, 0.3) is 6.08 Å². The summed E-state index contributed by atoms with van der Waals surface area (Å²) in [4.78, 5) is 12.8. The van der Waals surface area contributed by atoms with Crippen LogP contribution in [0.1, 0.15) is 61.2 Å². The van der Waals surface area contributed by atoms with Gasteiger partial charge in [-0.2, -0.15) is 0 Å². The third-order valence-corrected chi connectivity index (χ3v) is 5.44. The van der Waals surface area contributed by atoms with E-state index in [9.17, 15) is 20.1 Å². The lowest BCUT2D eigenvalue weighted by Crippen LogP contribution is -2.32. The Morgan fingerprint density at radius 2 is 1.90 bits per heavy atom. The lowest BCUT2D eigenvalue weighted by Gasteiger charge is -2.33. The standard InChI is InChI=1S/C25H26O6/c1-24(2,29)10-4-11-25(3)12-9-17-20(31-25)14-21-22(23(17)28)18(27)13-19(30-21)15-5-7-16(26)8-6-15/h4-10,12,14,19,26,28-29H,11,13H2,1-3H3/t19-,25-/m0/s1. The second-order valence-electron chi connectivity index (χ2n) is 8.84. The third kappa shape index (κ3) is 4.30. The summed E-state index contributed by atoms with van der Waals surface area (Å²) in [5.41, 5.74) is -0.224. The fraction of sp³-hybridized carbons (Fsp3) is 0.320. The van der Waals surface area contributed by atoms with Gasteiger partial charge < -0.3 is 24.8 Å². The van der Waals surface area contributed by atoms with E-state index in [0.29, 0.717) is 17.7 Å². The number of rotatable bonds is 4. The molecule has 2 heterocycles. The van der Waals surface area contributed by atoms with Gasteiger partial charge in [-0.1, -0.05) is 24.3 Å². The predicted molar refractivity (Wildman–Crippen MR) is 117 cm³/mol. The Labute approximate surface area is 181 Å². The normalized spacial score (nSPS) is 22.6. The largest absolute Gasteiger partial charge is 0.508 e. The first-order valence-corrected chi connectivity index (χ1v) is 10.2. The molecule has 2 atom stereocenters. The number of aliphatic hydroxyl groups is 1. The van der Waals surface area contributed by atoms with Crippen molar-refractivity contribution in [3.8, 4) is 23.0 Å². The number of ketones is 1. The molecule has 3 N–H and O–H groups in total. The number of hydrogen-bond donors (Lipinski definition) is 3. The van der Waals surface area contributed by atoms with Crippen LogP contribution < -0.4 is 9.47 Å². The molecule has 2 aliphatic heterocycles. The first-order chi connectivity index (χ1) is 14.5. The van der Waals surface area contributed by atoms with E-state index in [1.165, 1.54) is 0 Å². The number of carbonyl (C=O) groups excluding carboxylic acids is 1. The Morgan fingerprint density at radius 1 is 1.19 bits per heavy atom. The van der Waals surface area contributed by atoms with Gasteiger partial charge >= 0.3 is 0 Å². The first-order valence-electron chi connectivity index (χ1n) is 10.2. The number of carbonyl (C=O) groups is 1. The SMILES string of the molecule is CC(C)(O)C=CC[C@@]1(C)C=Cc2c(cc3c(c2O)C(=O)C[C@@H](c2ccc(O)cc2)O3)O1. The summed E-state index contributed by atoms with van der Waals surface area (Å²) in [5, 5.41) is 30.2. The highest BCUT2D eigenvalue weighted by Crippen LogP contribution is 2.48. The minimum absolute atomic E-state index is 0.0914.